The fourth-order valence-electron chi connectivity index (χ4n) is 4.95. The van der Waals surface area contributed by atoms with Crippen molar-refractivity contribution >= 4 is 16.7 Å². The number of hydrogen-bond acceptors (Lipinski definition) is 5. The highest BCUT2D eigenvalue weighted by molar-refractivity contribution is 5.86. The van der Waals surface area contributed by atoms with E-state index >= 15 is 0 Å². The fourth-order valence-corrected chi connectivity index (χ4v) is 4.95. The number of fused-ring (bicyclic) bond motifs is 1. The van der Waals surface area contributed by atoms with Gasteiger partial charge in [-0.15, -0.1) is 0 Å². The number of anilines is 1. The van der Waals surface area contributed by atoms with Gasteiger partial charge in [0.15, 0.2) is 0 Å². The molecule has 0 spiro atoms. The van der Waals surface area contributed by atoms with E-state index in [1.165, 1.54) is 16.3 Å². The summed E-state index contributed by atoms with van der Waals surface area (Å²) in [6.45, 7) is 2.96. The van der Waals surface area contributed by atoms with E-state index < -0.39 is 0 Å². The van der Waals surface area contributed by atoms with E-state index in [-0.39, 0.29) is 0 Å². The maximum atomic E-state index is 4.94. The van der Waals surface area contributed by atoms with Crippen LogP contribution in [0.2, 0.25) is 0 Å². The molecule has 1 aromatic heterocycles. The molecule has 4 aromatic rings. The number of likely N-dealkylation sites (N-methyl/N-ethyl adjacent to an activating group) is 2. The maximum absolute atomic E-state index is 4.94. The van der Waals surface area contributed by atoms with Crippen LogP contribution in [0.25, 0.3) is 22.0 Å². The first-order valence-corrected chi connectivity index (χ1v) is 12.2. The summed E-state index contributed by atoms with van der Waals surface area (Å²) in [5.41, 5.74) is 3.49. The molecule has 0 amide bonds. The molecule has 0 bridgehead atoms. The second-order valence-corrected chi connectivity index (χ2v) is 9.31. The van der Waals surface area contributed by atoms with E-state index in [4.69, 9.17) is 4.98 Å². The molecule has 0 aliphatic carbocycles. The Labute approximate surface area is 202 Å². The molecular weight excluding hydrogens is 418 g/mol. The molecule has 5 rings (SSSR count). The Morgan fingerprint density at radius 3 is 2.62 bits per heavy atom. The summed E-state index contributed by atoms with van der Waals surface area (Å²) in [7, 11) is 4.31. The lowest BCUT2D eigenvalue weighted by atomic mass is 10.0. The molecule has 2 atom stereocenters. The van der Waals surface area contributed by atoms with Crippen LogP contribution in [-0.2, 0) is 6.42 Å². The Balaban J connectivity index is 1.24. The zero-order valence-electron chi connectivity index (χ0n) is 20.1. The molecule has 2 heterocycles. The van der Waals surface area contributed by atoms with Crippen molar-refractivity contribution in [3.8, 4) is 11.3 Å². The largest absolute Gasteiger partial charge is 0.339 e. The summed E-state index contributed by atoms with van der Waals surface area (Å²) in [6, 6.07) is 28.6. The van der Waals surface area contributed by atoms with Gasteiger partial charge in [-0.25, -0.2) is 9.97 Å². The standard InChI is InChI=1S/C29H33N5/c1-30-26(18-22-8-4-3-5-9-22)20-33(2)27-15-17-34(21-27)29-31-16-14-28(32-29)25-13-12-23-10-6-7-11-24(23)19-25/h3-14,16,19,26-27,30H,15,17-18,20-21H2,1-2H3/t26?,27-/m1/s1. The molecule has 1 unspecified atom stereocenters. The van der Waals surface area contributed by atoms with Crippen molar-refractivity contribution in [1.82, 2.24) is 20.2 Å². The lowest BCUT2D eigenvalue weighted by Gasteiger charge is -2.29. The third-order valence-corrected chi connectivity index (χ3v) is 7.00. The summed E-state index contributed by atoms with van der Waals surface area (Å²) in [6.07, 6.45) is 4.05. The molecule has 1 N–H and O–H groups in total. The zero-order chi connectivity index (χ0) is 23.3. The summed E-state index contributed by atoms with van der Waals surface area (Å²) < 4.78 is 0. The van der Waals surface area contributed by atoms with Gasteiger partial charge in [-0.05, 0) is 55.4 Å². The van der Waals surface area contributed by atoms with Gasteiger partial charge in [-0.2, -0.15) is 0 Å². The van der Waals surface area contributed by atoms with Crippen molar-refractivity contribution in [2.45, 2.75) is 24.9 Å². The van der Waals surface area contributed by atoms with E-state index in [9.17, 15) is 0 Å². The van der Waals surface area contributed by atoms with E-state index in [1.807, 2.05) is 12.3 Å². The van der Waals surface area contributed by atoms with Crippen molar-refractivity contribution in [3.05, 3.63) is 90.6 Å². The molecule has 1 fully saturated rings. The van der Waals surface area contributed by atoms with Crippen LogP contribution < -0.4 is 10.2 Å². The van der Waals surface area contributed by atoms with Gasteiger partial charge in [0.2, 0.25) is 5.95 Å². The van der Waals surface area contributed by atoms with Crippen molar-refractivity contribution < 1.29 is 0 Å². The van der Waals surface area contributed by atoms with Crippen molar-refractivity contribution in [1.29, 1.82) is 0 Å². The molecule has 1 aliphatic heterocycles. The molecule has 1 aliphatic rings. The fraction of sp³-hybridized carbons (Fsp3) is 0.310. The summed E-state index contributed by atoms with van der Waals surface area (Å²) >= 11 is 0. The number of hydrogen-bond donors (Lipinski definition) is 1. The molecule has 3 aromatic carbocycles. The highest BCUT2D eigenvalue weighted by Gasteiger charge is 2.28. The van der Waals surface area contributed by atoms with Crippen LogP contribution in [0.1, 0.15) is 12.0 Å². The summed E-state index contributed by atoms with van der Waals surface area (Å²) in [4.78, 5) is 14.4. The number of aromatic nitrogens is 2. The molecule has 0 saturated carbocycles. The molecule has 1 saturated heterocycles. The van der Waals surface area contributed by atoms with Gasteiger partial charge in [-0.1, -0.05) is 66.7 Å². The van der Waals surface area contributed by atoms with Crippen molar-refractivity contribution in [3.63, 3.8) is 0 Å². The van der Waals surface area contributed by atoms with Gasteiger partial charge in [0.25, 0.3) is 0 Å². The van der Waals surface area contributed by atoms with Crippen molar-refractivity contribution in [2.75, 3.05) is 38.6 Å². The van der Waals surface area contributed by atoms with Gasteiger partial charge in [0, 0.05) is 43.5 Å². The monoisotopic (exact) mass is 451 g/mol. The number of benzene rings is 3. The Morgan fingerprint density at radius 2 is 1.79 bits per heavy atom. The molecule has 0 radical (unpaired) electrons. The molecule has 5 heteroatoms. The Hall–Kier alpha value is -3.28. The predicted octanol–water partition coefficient (Wildman–Crippen LogP) is 4.64. The van der Waals surface area contributed by atoms with Gasteiger partial charge < -0.3 is 15.1 Å². The van der Waals surface area contributed by atoms with Crippen LogP contribution in [0.3, 0.4) is 0 Å². The normalized spacial score (nSPS) is 16.9. The van der Waals surface area contributed by atoms with E-state index in [1.54, 1.807) is 0 Å². The second kappa shape index (κ2) is 10.3. The minimum absolute atomic E-state index is 0.425. The topological polar surface area (TPSA) is 44.3 Å². The van der Waals surface area contributed by atoms with Crippen LogP contribution >= 0.6 is 0 Å². The Kier molecular flexibility index (Phi) is 6.84. The number of rotatable bonds is 8. The molecular formula is C29H33N5. The lowest BCUT2D eigenvalue weighted by Crippen LogP contribution is -2.44. The molecule has 34 heavy (non-hydrogen) atoms. The van der Waals surface area contributed by atoms with Gasteiger partial charge in [0.1, 0.15) is 0 Å². The average molecular weight is 452 g/mol. The van der Waals surface area contributed by atoms with Gasteiger partial charge in [-0.3, -0.25) is 0 Å². The number of nitrogens with one attached hydrogen (secondary N) is 1. The van der Waals surface area contributed by atoms with E-state index in [2.05, 4.69) is 107 Å². The summed E-state index contributed by atoms with van der Waals surface area (Å²) in [5, 5.41) is 5.99. The van der Waals surface area contributed by atoms with Gasteiger partial charge >= 0.3 is 0 Å². The third kappa shape index (κ3) is 5.11. The minimum Gasteiger partial charge on any atom is -0.339 e. The maximum Gasteiger partial charge on any atom is 0.225 e. The highest BCUT2D eigenvalue weighted by Crippen LogP contribution is 2.26. The predicted molar refractivity (Wildman–Crippen MR) is 141 cm³/mol. The number of nitrogens with zero attached hydrogens (tertiary/aromatic N) is 4. The van der Waals surface area contributed by atoms with E-state index in [0.29, 0.717) is 12.1 Å². The van der Waals surface area contributed by atoms with E-state index in [0.717, 1.165) is 49.7 Å². The average Bonchev–Trinajstić information content (AvgIpc) is 3.39. The first-order chi connectivity index (χ1) is 16.7. The van der Waals surface area contributed by atoms with Crippen LogP contribution in [0.5, 0.6) is 0 Å². The van der Waals surface area contributed by atoms with Gasteiger partial charge in [0.05, 0.1) is 5.69 Å². The Morgan fingerprint density at radius 1 is 1.00 bits per heavy atom. The van der Waals surface area contributed by atoms with Crippen LogP contribution in [0, 0.1) is 0 Å². The first kappa shape index (κ1) is 22.5. The molecule has 174 valence electrons. The first-order valence-electron chi connectivity index (χ1n) is 12.2. The highest BCUT2D eigenvalue weighted by atomic mass is 15.3. The smallest absolute Gasteiger partial charge is 0.225 e. The Bertz CT molecular complexity index is 1230. The lowest BCUT2D eigenvalue weighted by molar-refractivity contribution is 0.232. The second-order valence-electron chi connectivity index (χ2n) is 9.31. The van der Waals surface area contributed by atoms with Crippen LogP contribution in [-0.4, -0.2) is 60.7 Å². The zero-order valence-corrected chi connectivity index (χ0v) is 20.1. The van der Waals surface area contributed by atoms with Crippen molar-refractivity contribution in [2.24, 2.45) is 0 Å². The quantitative estimate of drug-likeness (QED) is 0.423. The van der Waals surface area contributed by atoms with Crippen LogP contribution in [0.15, 0.2) is 85.1 Å². The summed E-state index contributed by atoms with van der Waals surface area (Å²) in [5.74, 6) is 0.830. The van der Waals surface area contributed by atoms with Crippen LogP contribution in [0.4, 0.5) is 5.95 Å². The molecule has 5 nitrogen and oxygen atoms in total. The third-order valence-electron chi connectivity index (χ3n) is 7.00. The minimum atomic E-state index is 0.425. The SMILES string of the molecule is CNC(Cc1ccccc1)CN(C)[C@@H]1CCN(c2nccc(-c3ccc4ccccc4c3)n2)C1.